The lowest BCUT2D eigenvalue weighted by Gasteiger charge is -2.30. The lowest BCUT2D eigenvalue weighted by Crippen LogP contribution is -2.37. The van der Waals surface area contributed by atoms with Gasteiger partial charge in [0.15, 0.2) is 0 Å². The summed E-state index contributed by atoms with van der Waals surface area (Å²) in [5, 5.41) is 0. The van der Waals surface area contributed by atoms with E-state index in [2.05, 4.69) is 29.5 Å². The van der Waals surface area contributed by atoms with Gasteiger partial charge in [-0.3, -0.25) is 4.79 Å². The molecule has 0 aliphatic carbocycles. The van der Waals surface area contributed by atoms with Crippen LogP contribution in [0.1, 0.15) is 23.2 Å². The molecule has 1 aromatic rings. The molecule has 3 heteroatoms. The maximum atomic E-state index is 12.2. The van der Waals surface area contributed by atoms with Gasteiger partial charge < -0.3 is 4.90 Å². The highest BCUT2D eigenvalue weighted by atomic mass is 127. The lowest BCUT2D eigenvalue weighted by molar-refractivity contribution is 0.0704. The van der Waals surface area contributed by atoms with Gasteiger partial charge in [-0.2, -0.15) is 0 Å². The van der Waals surface area contributed by atoms with Crippen molar-refractivity contribution in [2.75, 3.05) is 13.1 Å². The molecule has 1 fully saturated rings. The third kappa shape index (κ3) is 2.75. The van der Waals surface area contributed by atoms with Crippen molar-refractivity contribution in [3.8, 4) is 0 Å². The largest absolute Gasteiger partial charge is 0.339 e. The van der Waals surface area contributed by atoms with Gasteiger partial charge in [-0.15, -0.1) is 0 Å². The van der Waals surface area contributed by atoms with Crippen molar-refractivity contribution >= 4 is 28.5 Å². The summed E-state index contributed by atoms with van der Waals surface area (Å²) in [5.74, 6) is 0.672. The predicted octanol–water partition coefficient (Wildman–Crippen LogP) is 2.98. The Morgan fingerprint density at radius 1 is 1.38 bits per heavy atom. The van der Waals surface area contributed by atoms with Gasteiger partial charge in [0.05, 0.1) is 0 Å². The number of likely N-dealkylation sites (tertiary alicyclic amines) is 1. The number of nitrogens with zero attached hydrogens (tertiary/aromatic N) is 1. The minimum atomic E-state index is 0.158. The van der Waals surface area contributed by atoms with Crippen molar-refractivity contribution in [2.45, 2.75) is 12.8 Å². The summed E-state index contributed by atoms with van der Waals surface area (Å²) >= 11 is 2.23. The number of carbonyl (C=O) groups excluding carboxylic acids is 1. The first-order chi connectivity index (χ1) is 7.66. The van der Waals surface area contributed by atoms with Crippen LogP contribution in [0.15, 0.2) is 24.3 Å². The molecular formula is C13H15INO. The molecule has 0 bridgehead atoms. The predicted molar refractivity (Wildman–Crippen MR) is 73.1 cm³/mol. The van der Waals surface area contributed by atoms with Crippen molar-refractivity contribution < 1.29 is 4.79 Å². The first-order valence-corrected chi connectivity index (χ1v) is 6.62. The molecule has 0 atom stereocenters. The van der Waals surface area contributed by atoms with Crippen LogP contribution in [-0.2, 0) is 0 Å². The lowest BCUT2D eigenvalue weighted by atomic mass is 9.98. The molecule has 1 saturated heterocycles. The maximum absolute atomic E-state index is 12.2. The molecule has 1 aliphatic heterocycles. The molecule has 0 N–H and O–H groups in total. The highest BCUT2D eigenvalue weighted by molar-refractivity contribution is 14.1. The minimum Gasteiger partial charge on any atom is -0.339 e. The fraction of sp³-hybridized carbons (Fsp3) is 0.385. The van der Waals surface area contributed by atoms with E-state index in [4.69, 9.17) is 0 Å². The molecule has 1 aliphatic rings. The molecule has 0 aromatic heterocycles. The summed E-state index contributed by atoms with van der Waals surface area (Å²) in [5.41, 5.74) is 0.800. The van der Waals surface area contributed by atoms with E-state index in [0.29, 0.717) is 5.92 Å². The molecular weight excluding hydrogens is 313 g/mol. The van der Waals surface area contributed by atoms with E-state index in [1.165, 1.54) is 0 Å². The normalized spacial score (nSPS) is 17.5. The zero-order valence-electron chi connectivity index (χ0n) is 9.16. The highest BCUT2D eigenvalue weighted by Crippen LogP contribution is 2.18. The smallest absolute Gasteiger partial charge is 0.253 e. The summed E-state index contributed by atoms with van der Waals surface area (Å²) in [4.78, 5) is 14.1. The van der Waals surface area contributed by atoms with E-state index >= 15 is 0 Å². The van der Waals surface area contributed by atoms with E-state index in [9.17, 15) is 4.79 Å². The van der Waals surface area contributed by atoms with Crippen LogP contribution in [0.4, 0.5) is 0 Å². The molecule has 1 radical (unpaired) electrons. The van der Waals surface area contributed by atoms with Gasteiger partial charge >= 0.3 is 0 Å². The SMILES string of the molecule is [CH2]C1CCN(C(=O)c2cccc(I)c2)CC1. The number of hydrogen-bond donors (Lipinski definition) is 0. The van der Waals surface area contributed by atoms with E-state index in [0.717, 1.165) is 35.1 Å². The van der Waals surface area contributed by atoms with E-state index in [-0.39, 0.29) is 5.91 Å². The van der Waals surface area contributed by atoms with Crippen molar-refractivity contribution in [1.29, 1.82) is 0 Å². The second kappa shape index (κ2) is 5.17. The topological polar surface area (TPSA) is 20.3 Å². The van der Waals surface area contributed by atoms with Gasteiger partial charge in [-0.05, 0) is 59.5 Å². The highest BCUT2D eigenvalue weighted by Gasteiger charge is 2.21. The number of carbonyl (C=O) groups is 1. The summed E-state index contributed by atoms with van der Waals surface area (Å²) < 4.78 is 1.11. The number of rotatable bonds is 1. The van der Waals surface area contributed by atoms with Crippen LogP contribution < -0.4 is 0 Å². The Kier molecular flexibility index (Phi) is 3.84. The number of halogens is 1. The summed E-state index contributed by atoms with van der Waals surface area (Å²) in [6.07, 6.45) is 2.05. The monoisotopic (exact) mass is 328 g/mol. The van der Waals surface area contributed by atoms with E-state index < -0.39 is 0 Å². The Balaban J connectivity index is 2.08. The zero-order chi connectivity index (χ0) is 11.5. The third-order valence-corrected chi connectivity index (χ3v) is 3.64. The molecule has 2 rings (SSSR count). The van der Waals surface area contributed by atoms with E-state index in [1.54, 1.807) is 0 Å². The second-order valence-corrected chi connectivity index (χ2v) is 5.49. The van der Waals surface area contributed by atoms with Crippen LogP contribution in [0.3, 0.4) is 0 Å². The molecule has 1 heterocycles. The Labute approximate surface area is 110 Å². The van der Waals surface area contributed by atoms with Gasteiger partial charge in [-0.25, -0.2) is 0 Å². The third-order valence-electron chi connectivity index (χ3n) is 2.97. The summed E-state index contributed by atoms with van der Waals surface area (Å²) in [7, 11) is 0. The zero-order valence-corrected chi connectivity index (χ0v) is 11.3. The molecule has 1 aromatic carbocycles. The van der Waals surface area contributed by atoms with Crippen LogP contribution in [0.5, 0.6) is 0 Å². The molecule has 1 amide bonds. The average Bonchev–Trinajstić information content (AvgIpc) is 2.29. The van der Waals surface area contributed by atoms with Crippen molar-refractivity contribution in [3.05, 3.63) is 40.3 Å². The van der Waals surface area contributed by atoms with E-state index in [1.807, 2.05) is 29.2 Å². The number of benzene rings is 1. The van der Waals surface area contributed by atoms with Gasteiger partial charge in [0.25, 0.3) is 5.91 Å². The standard InChI is InChI=1S/C13H15INO/c1-10-5-7-15(8-6-10)13(16)11-3-2-4-12(14)9-11/h2-4,9-10H,1,5-8H2. The Bertz CT molecular complexity index is 383. The molecule has 2 nitrogen and oxygen atoms in total. The van der Waals surface area contributed by atoms with Crippen LogP contribution in [0, 0.1) is 16.4 Å². The molecule has 85 valence electrons. The van der Waals surface area contributed by atoms with Crippen molar-refractivity contribution in [3.63, 3.8) is 0 Å². The second-order valence-electron chi connectivity index (χ2n) is 4.25. The number of amides is 1. The minimum absolute atomic E-state index is 0.158. The van der Waals surface area contributed by atoms with Crippen molar-refractivity contribution in [1.82, 2.24) is 4.90 Å². The first kappa shape index (κ1) is 11.9. The average molecular weight is 328 g/mol. The Morgan fingerprint density at radius 3 is 2.69 bits per heavy atom. The summed E-state index contributed by atoms with van der Waals surface area (Å²) in [6, 6.07) is 7.77. The number of piperidine rings is 1. The Morgan fingerprint density at radius 2 is 2.06 bits per heavy atom. The molecule has 0 spiro atoms. The molecule has 0 saturated carbocycles. The maximum Gasteiger partial charge on any atom is 0.253 e. The van der Waals surface area contributed by atoms with Crippen LogP contribution >= 0.6 is 22.6 Å². The quantitative estimate of drug-likeness (QED) is 0.726. The fourth-order valence-corrected chi connectivity index (χ4v) is 2.48. The van der Waals surface area contributed by atoms with Crippen molar-refractivity contribution in [2.24, 2.45) is 5.92 Å². The van der Waals surface area contributed by atoms with Gasteiger partial charge in [-0.1, -0.05) is 13.0 Å². The van der Waals surface area contributed by atoms with Gasteiger partial charge in [0.1, 0.15) is 0 Å². The number of hydrogen-bond acceptors (Lipinski definition) is 1. The van der Waals surface area contributed by atoms with Crippen LogP contribution in [-0.4, -0.2) is 23.9 Å². The Hall–Kier alpha value is -0.580. The molecule has 16 heavy (non-hydrogen) atoms. The summed E-state index contributed by atoms with van der Waals surface area (Å²) in [6.45, 7) is 5.73. The van der Waals surface area contributed by atoms with Crippen LogP contribution in [0.25, 0.3) is 0 Å². The first-order valence-electron chi connectivity index (χ1n) is 5.55. The van der Waals surface area contributed by atoms with Gasteiger partial charge in [0, 0.05) is 22.2 Å². The van der Waals surface area contributed by atoms with Crippen LogP contribution in [0.2, 0.25) is 0 Å². The molecule has 0 unspecified atom stereocenters. The fourth-order valence-electron chi connectivity index (χ4n) is 1.94. The van der Waals surface area contributed by atoms with Gasteiger partial charge in [0.2, 0.25) is 0 Å².